The molecule has 1 aromatic heterocycles. The second-order valence-electron chi connectivity index (χ2n) is 7.20. The van der Waals surface area contributed by atoms with E-state index in [-0.39, 0.29) is 5.91 Å². The zero-order valence-electron chi connectivity index (χ0n) is 16.8. The Balaban J connectivity index is 1.48. The molecule has 29 heavy (non-hydrogen) atoms. The topological polar surface area (TPSA) is 45.7 Å². The number of ether oxygens (including phenoxy) is 1. The number of hydrogen-bond donors (Lipinski definition) is 0. The van der Waals surface area contributed by atoms with Gasteiger partial charge in [-0.05, 0) is 24.6 Å². The highest BCUT2D eigenvalue weighted by Gasteiger charge is 2.21. The minimum atomic E-state index is 0.00621. The summed E-state index contributed by atoms with van der Waals surface area (Å²) in [6, 6.07) is 18.4. The average Bonchev–Trinajstić information content (AvgIpc) is 3.16. The molecule has 0 aliphatic carbocycles. The quantitative estimate of drug-likeness (QED) is 0.635. The van der Waals surface area contributed by atoms with E-state index in [0.717, 1.165) is 48.1 Å². The van der Waals surface area contributed by atoms with Crippen molar-refractivity contribution in [1.29, 1.82) is 0 Å². The highest BCUT2D eigenvalue weighted by atomic mass is 32.1. The number of benzene rings is 2. The first kappa shape index (κ1) is 19.6. The van der Waals surface area contributed by atoms with Crippen molar-refractivity contribution in [1.82, 2.24) is 9.88 Å². The average molecular weight is 408 g/mol. The summed E-state index contributed by atoms with van der Waals surface area (Å²) >= 11 is 1.46. The lowest BCUT2D eigenvalue weighted by Crippen LogP contribution is -2.36. The molecule has 1 aliphatic rings. The third kappa shape index (κ3) is 4.49. The van der Waals surface area contributed by atoms with Crippen LogP contribution in [0.25, 0.3) is 11.3 Å². The summed E-state index contributed by atoms with van der Waals surface area (Å²) in [7, 11) is 1.85. The minimum absolute atomic E-state index is 0.00621. The van der Waals surface area contributed by atoms with Crippen molar-refractivity contribution in [2.45, 2.75) is 13.5 Å². The van der Waals surface area contributed by atoms with Gasteiger partial charge in [-0.25, -0.2) is 4.98 Å². The van der Waals surface area contributed by atoms with Crippen molar-refractivity contribution >= 4 is 22.9 Å². The maximum absolute atomic E-state index is 13.1. The Kier molecular flexibility index (Phi) is 5.92. The van der Waals surface area contributed by atoms with E-state index in [2.05, 4.69) is 34.1 Å². The molecule has 6 heteroatoms. The molecule has 1 saturated heterocycles. The smallest absolute Gasteiger partial charge is 0.266 e. The fraction of sp³-hybridized carbons (Fsp3) is 0.304. The molecule has 0 atom stereocenters. The Morgan fingerprint density at radius 1 is 1.10 bits per heavy atom. The number of carbonyl (C=O) groups excluding carboxylic acids is 1. The van der Waals surface area contributed by atoms with Crippen LogP contribution in [0.5, 0.6) is 0 Å². The highest BCUT2D eigenvalue weighted by Crippen LogP contribution is 2.29. The van der Waals surface area contributed by atoms with Gasteiger partial charge in [0.1, 0.15) is 4.88 Å². The van der Waals surface area contributed by atoms with Crippen LogP contribution in [0.15, 0.2) is 54.6 Å². The number of rotatable bonds is 5. The third-order valence-electron chi connectivity index (χ3n) is 5.05. The first-order valence-corrected chi connectivity index (χ1v) is 10.6. The maximum Gasteiger partial charge on any atom is 0.266 e. The number of aryl methyl sites for hydroxylation is 1. The molecule has 4 rings (SSSR count). The van der Waals surface area contributed by atoms with Crippen LogP contribution in [0, 0.1) is 6.92 Å². The number of thiazole rings is 1. The van der Waals surface area contributed by atoms with Gasteiger partial charge in [-0.1, -0.05) is 42.5 Å². The molecule has 0 spiro atoms. The van der Waals surface area contributed by atoms with Gasteiger partial charge in [0.15, 0.2) is 0 Å². The minimum Gasteiger partial charge on any atom is -0.378 e. The van der Waals surface area contributed by atoms with Gasteiger partial charge in [-0.15, -0.1) is 11.3 Å². The Labute approximate surface area is 175 Å². The lowest BCUT2D eigenvalue weighted by atomic mass is 10.1. The SMILES string of the molecule is Cc1nc(-c2ccccc2)c(C(=O)N(C)Cc2ccc(N3CCOCC3)cc2)s1. The normalized spacial score (nSPS) is 14.1. The Bertz CT molecular complexity index is 964. The molecule has 3 aromatic rings. The van der Waals surface area contributed by atoms with Crippen molar-refractivity contribution in [3.05, 3.63) is 70.0 Å². The summed E-state index contributed by atoms with van der Waals surface area (Å²) in [5.41, 5.74) is 4.06. The van der Waals surface area contributed by atoms with Gasteiger partial charge < -0.3 is 14.5 Å². The predicted octanol–water partition coefficient (Wildman–Crippen LogP) is 4.23. The predicted molar refractivity (Wildman–Crippen MR) is 118 cm³/mol. The lowest BCUT2D eigenvalue weighted by molar-refractivity contribution is 0.0790. The fourth-order valence-corrected chi connectivity index (χ4v) is 4.45. The molecule has 2 heterocycles. The number of carbonyl (C=O) groups is 1. The van der Waals surface area contributed by atoms with Gasteiger partial charge >= 0.3 is 0 Å². The first-order valence-electron chi connectivity index (χ1n) is 9.82. The van der Waals surface area contributed by atoms with Gasteiger partial charge in [-0.3, -0.25) is 4.79 Å². The van der Waals surface area contributed by atoms with Gasteiger partial charge in [0.25, 0.3) is 5.91 Å². The molecule has 0 radical (unpaired) electrons. The third-order valence-corrected chi connectivity index (χ3v) is 6.01. The van der Waals surface area contributed by atoms with E-state index >= 15 is 0 Å². The molecule has 1 amide bonds. The standard InChI is InChI=1S/C23H25N3O2S/c1-17-24-21(19-6-4-3-5-7-19)22(29-17)23(27)25(2)16-18-8-10-20(11-9-18)26-12-14-28-15-13-26/h3-11H,12-16H2,1-2H3. The maximum atomic E-state index is 13.1. The molecule has 1 fully saturated rings. The number of hydrogen-bond acceptors (Lipinski definition) is 5. The molecule has 0 bridgehead atoms. The number of morpholine rings is 1. The monoisotopic (exact) mass is 407 g/mol. The van der Waals surface area contributed by atoms with Crippen molar-refractivity contribution in [3.63, 3.8) is 0 Å². The van der Waals surface area contributed by atoms with Gasteiger partial charge in [0, 0.05) is 37.9 Å². The summed E-state index contributed by atoms with van der Waals surface area (Å²) in [5, 5.41) is 0.899. The molecule has 0 N–H and O–H groups in total. The van der Waals surface area contributed by atoms with Crippen LogP contribution in [0.2, 0.25) is 0 Å². The zero-order chi connectivity index (χ0) is 20.2. The Hall–Kier alpha value is -2.70. The van der Waals surface area contributed by atoms with Gasteiger partial charge in [0.05, 0.1) is 23.9 Å². The molecule has 2 aromatic carbocycles. The molecule has 5 nitrogen and oxygen atoms in total. The summed E-state index contributed by atoms with van der Waals surface area (Å²) in [6.45, 7) is 5.90. The van der Waals surface area contributed by atoms with Crippen LogP contribution in [0.3, 0.4) is 0 Å². The molecular formula is C23H25N3O2S. The lowest BCUT2D eigenvalue weighted by Gasteiger charge is -2.29. The van der Waals surface area contributed by atoms with E-state index < -0.39 is 0 Å². The van der Waals surface area contributed by atoms with Crippen LogP contribution in [-0.4, -0.2) is 49.1 Å². The van der Waals surface area contributed by atoms with E-state index in [9.17, 15) is 4.79 Å². The molecule has 0 unspecified atom stereocenters. The van der Waals surface area contributed by atoms with Gasteiger partial charge in [-0.2, -0.15) is 0 Å². The van der Waals surface area contributed by atoms with E-state index in [4.69, 9.17) is 4.74 Å². The van der Waals surface area contributed by atoms with Crippen LogP contribution >= 0.6 is 11.3 Å². The van der Waals surface area contributed by atoms with E-state index in [1.807, 2.05) is 44.3 Å². The first-order chi connectivity index (χ1) is 14.1. The number of amides is 1. The van der Waals surface area contributed by atoms with E-state index in [0.29, 0.717) is 11.4 Å². The highest BCUT2D eigenvalue weighted by molar-refractivity contribution is 7.14. The molecular weight excluding hydrogens is 382 g/mol. The van der Waals surface area contributed by atoms with Gasteiger partial charge in [0.2, 0.25) is 0 Å². The molecule has 1 aliphatic heterocycles. The summed E-state index contributed by atoms with van der Waals surface area (Å²) in [4.78, 5) is 22.5. The van der Waals surface area contributed by atoms with Crippen molar-refractivity contribution in [2.75, 3.05) is 38.3 Å². The van der Waals surface area contributed by atoms with Crippen molar-refractivity contribution in [3.8, 4) is 11.3 Å². The van der Waals surface area contributed by atoms with Crippen LogP contribution < -0.4 is 4.90 Å². The molecule has 0 saturated carbocycles. The summed E-state index contributed by atoms with van der Waals surface area (Å²) in [5.74, 6) is 0.00621. The van der Waals surface area contributed by atoms with Crippen LogP contribution in [-0.2, 0) is 11.3 Å². The summed E-state index contributed by atoms with van der Waals surface area (Å²) < 4.78 is 5.42. The van der Waals surface area contributed by atoms with E-state index in [1.54, 1.807) is 4.90 Å². The fourth-order valence-electron chi connectivity index (χ4n) is 3.52. The number of nitrogens with zero attached hydrogens (tertiary/aromatic N) is 3. The Morgan fingerprint density at radius 2 is 1.79 bits per heavy atom. The summed E-state index contributed by atoms with van der Waals surface area (Å²) in [6.07, 6.45) is 0. The second-order valence-corrected chi connectivity index (χ2v) is 8.41. The zero-order valence-corrected chi connectivity index (χ0v) is 17.6. The number of aromatic nitrogens is 1. The van der Waals surface area contributed by atoms with Crippen molar-refractivity contribution in [2.24, 2.45) is 0 Å². The Morgan fingerprint density at radius 3 is 2.48 bits per heavy atom. The second kappa shape index (κ2) is 8.76. The van der Waals surface area contributed by atoms with Crippen LogP contribution in [0.1, 0.15) is 20.2 Å². The number of anilines is 1. The van der Waals surface area contributed by atoms with Crippen molar-refractivity contribution < 1.29 is 9.53 Å². The van der Waals surface area contributed by atoms with Crippen LogP contribution in [0.4, 0.5) is 5.69 Å². The van der Waals surface area contributed by atoms with E-state index in [1.165, 1.54) is 17.0 Å². The largest absolute Gasteiger partial charge is 0.378 e. The molecule has 150 valence electrons.